The second-order valence-corrected chi connectivity index (χ2v) is 5.06. The van der Waals surface area contributed by atoms with Gasteiger partial charge < -0.3 is 4.84 Å². The van der Waals surface area contributed by atoms with Crippen molar-refractivity contribution in [2.24, 2.45) is 5.16 Å². The van der Waals surface area contributed by atoms with Crippen LogP contribution in [0.4, 0.5) is 13.2 Å². The third kappa shape index (κ3) is 4.60. The Morgan fingerprint density at radius 1 is 1.10 bits per heavy atom. The summed E-state index contributed by atoms with van der Waals surface area (Å²) in [6.07, 6.45) is -1.80. The molecule has 2 nitrogen and oxygen atoms in total. The van der Waals surface area contributed by atoms with Gasteiger partial charge in [0.1, 0.15) is 12.8 Å². The van der Waals surface area contributed by atoms with Crippen LogP contribution >= 0.6 is 15.9 Å². The zero-order valence-electron chi connectivity index (χ0n) is 10.7. The fourth-order valence-electron chi connectivity index (χ4n) is 1.67. The molecule has 0 bridgehead atoms. The maximum atomic E-state index is 12.8. The van der Waals surface area contributed by atoms with Crippen LogP contribution in [0.1, 0.15) is 16.7 Å². The smallest absolute Gasteiger partial charge is 0.390 e. The highest BCUT2D eigenvalue weighted by Gasteiger charge is 2.32. The van der Waals surface area contributed by atoms with Gasteiger partial charge in [0.2, 0.25) is 0 Å². The molecule has 0 aliphatic carbocycles. The van der Waals surface area contributed by atoms with E-state index in [2.05, 4.69) is 27.3 Å². The maximum Gasteiger partial charge on any atom is 0.416 e. The van der Waals surface area contributed by atoms with Gasteiger partial charge in [0, 0.05) is 15.6 Å². The summed E-state index contributed by atoms with van der Waals surface area (Å²) in [7, 11) is 0. The van der Waals surface area contributed by atoms with Crippen molar-refractivity contribution in [2.45, 2.75) is 12.8 Å². The third-order valence-corrected chi connectivity index (χ3v) is 3.10. The van der Waals surface area contributed by atoms with Gasteiger partial charge in [0.15, 0.2) is 0 Å². The summed E-state index contributed by atoms with van der Waals surface area (Å²) in [4.78, 5) is 4.90. The summed E-state index contributed by atoms with van der Waals surface area (Å²) < 4.78 is 39.1. The van der Waals surface area contributed by atoms with Gasteiger partial charge >= 0.3 is 6.18 Å². The van der Waals surface area contributed by atoms with Crippen molar-refractivity contribution in [2.75, 3.05) is 0 Å². The molecule has 0 aliphatic heterocycles. The number of alkyl halides is 3. The predicted octanol–water partition coefficient (Wildman–Crippen LogP) is 4.90. The Balaban J connectivity index is 2.01. The van der Waals surface area contributed by atoms with E-state index >= 15 is 0 Å². The second kappa shape index (κ2) is 6.76. The van der Waals surface area contributed by atoms with Crippen molar-refractivity contribution in [3.05, 3.63) is 69.7 Å². The zero-order valence-corrected chi connectivity index (χ0v) is 12.3. The summed E-state index contributed by atoms with van der Waals surface area (Å²) in [5, 5.41) is 3.56. The van der Waals surface area contributed by atoms with Crippen LogP contribution in [-0.2, 0) is 17.6 Å². The monoisotopic (exact) mass is 356 g/mol. The molecule has 6 heteroatoms. The predicted molar refractivity (Wildman–Crippen MR) is 76.9 cm³/mol. The highest BCUT2D eigenvalue weighted by molar-refractivity contribution is 9.10. The van der Waals surface area contributed by atoms with Crippen LogP contribution in [-0.4, -0.2) is 6.21 Å². The van der Waals surface area contributed by atoms with Gasteiger partial charge in [-0.25, -0.2) is 0 Å². The molecule has 0 saturated carbocycles. The molecule has 0 N–H and O–H groups in total. The fraction of sp³-hybridized carbons (Fsp3) is 0.133. The first-order valence-electron chi connectivity index (χ1n) is 5.95. The van der Waals surface area contributed by atoms with Crippen molar-refractivity contribution < 1.29 is 18.0 Å². The molecule has 0 unspecified atom stereocenters. The van der Waals surface area contributed by atoms with Gasteiger partial charge in [0.05, 0.1) is 5.56 Å². The normalized spacial score (nSPS) is 11.8. The quantitative estimate of drug-likeness (QED) is 0.564. The first-order valence-corrected chi connectivity index (χ1v) is 6.75. The third-order valence-electron chi connectivity index (χ3n) is 2.61. The van der Waals surface area contributed by atoms with Crippen LogP contribution in [0.25, 0.3) is 0 Å². The first-order chi connectivity index (χ1) is 9.97. The SMILES string of the molecule is FC(F)(F)c1ccccc1CO/N=[C]\c1cccc(Br)c1. The number of hydrogen-bond acceptors (Lipinski definition) is 2. The molecule has 0 aliphatic rings. The van der Waals surface area contributed by atoms with Crippen molar-refractivity contribution in [1.82, 2.24) is 0 Å². The molecule has 2 aromatic carbocycles. The van der Waals surface area contributed by atoms with Crippen LogP contribution in [0, 0.1) is 0 Å². The number of nitrogens with zero attached hydrogens (tertiary/aromatic N) is 1. The molecule has 21 heavy (non-hydrogen) atoms. The van der Waals surface area contributed by atoms with E-state index in [0.29, 0.717) is 5.56 Å². The molecule has 109 valence electrons. The summed E-state index contributed by atoms with van der Waals surface area (Å²) in [5.74, 6) is 0. The maximum absolute atomic E-state index is 12.8. The van der Waals surface area contributed by atoms with E-state index in [4.69, 9.17) is 4.84 Å². The van der Waals surface area contributed by atoms with E-state index < -0.39 is 11.7 Å². The van der Waals surface area contributed by atoms with Gasteiger partial charge in [-0.1, -0.05) is 51.4 Å². The fourth-order valence-corrected chi connectivity index (χ4v) is 2.07. The van der Waals surface area contributed by atoms with E-state index in [1.54, 1.807) is 18.2 Å². The molecule has 0 saturated heterocycles. The lowest BCUT2D eigenvalue weighted by atomic mass is 10.1. The molecule has 0 fully saturated rings. The summed E-state index contributed by atoms with van der Waals surface area (Å²) >= 11 is 3.29. The minimum Gasteiger partial charge on any atom is -0.390 e. The average molecular weight is 357 g/mol. The lowest BCUT2D eigenvalue weighted by Crippen LogP contribution is -2.09. The summed E-state index contributed by atoms with van der Waals surface area (Å²) in [6, 6.07) is 12.4. The van der Waals surface area contributed by atoms with E-state index in [1.165, 1.54) is 18.2 Å². The summed E-state index contributed by atoms with van der Waals surface area (Å²) in [6.45, 7) is -0.267. The Bertz CT molecular complexity index is 641. The van der Waals surface area contributed by atoms with Crippen LogP contribution in [0.5, 0.6) is 0 Å². The van der Waals surface area contributed by atoms with Gasteiger partial charge in [-0.3, -0.25) is 0 Å². The summed E-state index contributed by atoms with van der Waals surface area (Å²) in [5.41, 5.74) is -0.0269. The highest BCUT2D eigenvalue weighted by Crippen LogP contribution is 2.32. The Hall–Kier alpha value is -1.82. The average Bonchev–Trinajstić information content (AvgIpc) is 2.43. The van der Waals surface area contributed by atoms with Gasteiger partial charge in [0.25, 0.3) is 0 Å². The Morgan fingerprint density at radius 2 is 1.86 bits per heavy atom. The lowest BCUT2D eigenvalue weighted by Gasteiger charge is -2.11. The number of benzene rings is 2. The van der Waals surface area contributed by atoms with Crippen LogP contribution in [0.3, 0.4) is 0 Å². The van der Waals surface area contributed by atoms with Crippen LogP contribution in [0.2, 0.25) is 0 Å². The van der Waals surface area contributed by atoms with Gasteiger partial charge in [-0.05, 0) is 18.2 Å². The molecule has 0 atom stereocenters. The van der Waals surface area contributed by atoms with Gasteiger partial charge in [-0.2, -0.15) is 13.2 Å². The first kappa shape index (κ1) is 15.6. The second-order valence-electron chi connectivity index (χ2n) is 4.14. The van der Waals surface area contributed by atoms with E-state index in [-0.39, 0.29) is 12.2 Å². The largest absolute Gasteiger partial charge is 0.416 e. The van der Waals surface area contributed by atoms with Crippen molar-refractivity contribution in [3.63, 3.8) is 0 Å². The minimum absolute atomic E-state index is 0.0322. The number of hydrogen-bond donors (Lipinski definition) is 0. The molecule has 0 amide bonds. The molecule has 0 heterocycles. The standard InChI is InChI=1S/C15H10BrF3NO/c16-13-6-3-4-11(8-13)9-20-21-10-12-5-1-2-7-14(12)15(17,18)19/h1-8H,10H2. The topological polar surface area (TPSA) is 21.6 Å². The lowest BCUT2D eigenvalue weighted by molar-refractivity contribution is -0.138. The van der Waals surface area contributed by atoms with Crippen LogP contribution in [0.15, 0.2) is 58.2 Å². The Morgan fingerprint density at radius 3 is 2.57 bits per heavy atom. The molecule has 2 rings (SSSR count). The molecular formula is C15H10BrF3NO. The van der Waals surface area contributed by atoms with Crippen molar-refractivity contribution in [1.29, 1.82) is 0 Å². The molecule has 2 aromatic rings. The van der Waals surface area contributed by atoms with E-state index in [9.17, 15) is 13.2 Å². The number of rotatable bonds is 4. The Labute approximate surface area is 128 Å². The number of halogens is 4. The molecule has 0 spiro atoms. The molecule has 1 radical (unpaired) electrons. The highest BCUT2D eigenvalue weighted by atomic mass is 79.9. The van der Waals surface area contributed by atoms with E-state index in [0.717, 1.165) is 10.5 Å². The van der Waals surface area contributed by atoms with E-state index in [1.807, 2.05) is 6.07 Å². The minimum atomic E-state index is -4.41. The Kier molecular flexibility index (Phi) is 5.01. The van der Waals surface area contributed by atoms with Crippen LogP contribution < -0.4 is 0 Å². The van der Waals surface area contributed by atoms with Crippen molar-refractivity contribution >= 4 is 22.1 Å². The van der Waals surface area contributed by atoms with Crippen molar-refractivity contribution in [3.8, 4) is 0 Å². The molecule has 0 aromatic heterocycles. The zero-order chi connectivity index (χ0) is 15.3. The van der Waals surface area contributed by atoms with Gasteiger partial charge in [-0.15, -0.1) is 0 Å². The molecular weight excluding hydrogens is 347 g/mol.